The number of allylic oxidation sites excluding steroid dienone is 1. The van der Waals surface area contributed by atoms with E-state index in [2.05, 4.69) is 23.7 Å². The molecule has 1 aliphatic heterocycles. The number of ketones is 2. The third-order valence-corrected chi connectivity index (χ3v) is 5.14. The second-order valence-corrected chi connectivity index (χ2v) is 7.27. The predicted molar refractivity (Wildman–Crippen MR) is 111 cm³/mol. The van der Waals surface area contributed by atoms with Gasteiger partial charge in [0, 0.05) is 22.3 Å². The van der Waals surface area contributed by atoms with Gasteiger partial charge >= 0.3 is 5.97 Å². The van der Waals surface area contributed by atoms with Gasteiger partial charge in [-0.1, -0.05) is 47.9 Å². The number of hydrogen-bond acceptors (Lipinski definition) is 5. The number of rotatable bonds is 2. The van der Waals surface area contributed by atoms with Crippen LogP contribution in [0.15, 0.2) is 54.6 Å². The Morgan fingerprint density at radius 1 is 0.931 bits per heavy atom. The van der Waals surface area contributed by atoms with E-state index in [9.17, 15) is 14.4 Å². The van der Waals surface area contributed by atoms with Crippen LogP contribution in [0.2, 0.25) is 0 Å². The van der Waals surface area contributed by atoms with Crippen LogP contribution >= 0.6 is 11.8 Å². The van der Waals surface area contributed by atoms with E-state index in [0.29, 0.717) is 22.6 Å². The normalized spacial score (nSPS) is 18.1. The number of fused-ring (bicyclic) bond motifs is 2. The van der Waals surface area contributed by atoms with E-state index in [1.807, 2.05) is 0 Å². The largest absolute Gasteiger partial charge is 0.441 e. The Morgan fingerprint density at radius 3 is 2.41 bits per heavy atom. The number of carbonyl (C=O) groups excluding carboxylic acids is 3. The number of benzene rings is 2. The topological polar surface area (TPSA) is 60.4 Å². The van der Waals surface area contributed by atoms with E-state index in [-0.39, 0.29) is 28.3 Å². The SMILES string of the molecule is O=C(OC1C#CCSCC#C/C=C\1)c1ccc2c(c1)C(=O)c1ccccc1C2=O. The van der Waals surface area contributed by atoms with Crippen molar-refractivity contribution in [2.75, 3.05) is 11.5 Å². The van der Waals surface area contributed by atoms with Gasteiger partial charge in [-0.05, 0) is 30.4 Å². The van der Waals surface area contributed by atoms with Gasteiger partial charge in [-0.25, -0.2) is 4.79 Å². The number of esters is 1. The summed E-state index contributed by atoms with van der Waals surface area (Å²) in [7, 11) is 0. The summed E-state index contributed by atoms with van der Waals surface area (Å²) in [6.45, 7) is 0. The van der Waals surface area contributed by atoms with Crippen LogP contribution in [0.5, 0.6) is 0 Å². The molecule has 2 aromatic rings. The summed E-state index contributed by atoms with van der Waals surface area (Å²) in [6.07, 6.45) is 2.51. The second kappa shape index (κ2) is 8.22. The first-order valence-electron chi connectivity index (χ1n) is 8.90. The Bertz CT molecular complexity index is 1180. The summed E-state index contributed by atoms with van der Waals surface area (Å²) in [4.78, 5) is 38.1. The zero-order valence-electron chi connectivity index (χ0n) is 15.2. The van der Waals surface area contributed by atoms with Crippen LogP contribution in [0, 0.1) is 23.7 Å². The van der Waals surface area contributed by atoms with E-state index < -0.39 is 12.1 Å². The Balaban J connectivity index is 1.61. The molecule has 2 aliphatic rings. The maximum atomic E-state index is 12.8. The second-order valence-electron chi connectivity index (χ2n) is 6.28. The molecule has 0 radical (unpaired) electrons. The van der Waals surface area contributed by atoms with Crippen molar-refractivity contribution in [3.63, 3.8) is 0 Å². The lowest BCUT2D eigenvalue weighted by molar-refractivity contribution is 0.0475. The van der Waals surface area contributed by atoms with Crippen LogP contribution in [-0.4, -0.2) is 35.1 Å². The minimum absolute atomic E-state index is 0.192. The summed E-state index contributed by atoms with van der Waals surface area (Å²) in [5, 5.41) is 0. The molecule has 0 bridgehead atoms. The highest BCUT2D eigenvalue weighted by Gasteiger charge is 2.30. The highest BCUT2D eigenvalue weighted by molar-refractivity contribution is 7.99. The van der Waals surface area contributed by atoms with Gasteiger partial charge in [0.1, 0.15) is 0 Å². The number of thioether (sulfide) groups is 1. The van der Waals surface area contributed by atoms with Crippen LogP contribution in [-0.2, 0) is 4.74 Å². The molecular weight excluding hydrogens is 384 g/mol. The number of carbonyl (C=O) groups is 3. The summed E-state index contributed by atoms with van der Waals surface area (Å²) < 4.78 is 5.46. The summed E-state index contributed by atoms with van der Waals surface area (Å²) >= 11 is 1.59. The molecule has 0 amide bonds. The fraction of sp³-hybridized carbons (Fsp3) is 0.125. The van der Waals surface area contributed by atoms with E-state index in [1.165, 1.54) is 18.2 Å². The number of ether oxygens (including phenoxy) is 1. The smallest absolute Gasteiger partial charge is 0.339 e. The monoisotopic (exact) mass is 398 g/mol. The molecule has 4 rings (SSSR count). The Morgan fingerprint density at radius 2 is 1.62 bits per heavy atom. The molecule has 0 spiro atoms. The highest BCUT2D eigenvalue weighted by Crippen LogP contribution is 2.28. The van der Waals surface area contributed by atoms with E-state index in [0.717, 1.165) is 0 Å². The molecule has 0 saturated heterocycles. The molecule has 4 nitrogen and oxygen atoms in total. The van der Waals surface area contributed by atoms with Crippen molar-refractivity contribution < 1.29 is 19.1 Å². The first-order valence-corrected chi connectivity index (χ1v) is 10.1. The van der Waals surface area contributed by atoms with Crippen molar-refractivity contribution in [3.05, 3.63) is 82.4 Å². The Kier molecular flexibility index (Phi) is 5.33. The van der Waals surface area contributed by atoms with Crippen molar-refractivity contribution in [1.29, 1.82) is 0 Å². The third kappa shape index (κ3) is 3.87. The van der Waals surface area contributed by atoms with Gasteiger partial charge in [-0.15, -0.1) is 11.8 Å². The van der Waals surface area contributed by atoms with Crippen LogP contribution < -0.4 is 0 Å². The van der Waals surface area contributed by atoms with Crippen molar-refractivity contribution in [1.82, 2.24) is 0 Å². The van der Waals surface area contributed by atoms with Crippen molar-refractivity contribution in [2.45, 2.75) is 6.10 Å². The lowest BCUT2D eigenvalue weighted by atomic mass is 9.83. The van der Waals surface area contributed by atoms with Crippen LogP contribution in [0.3, 0.4) is 0 Å². The predicted octanol–water partition coefficient (Wildman–Crippen LogP) is 3.30. The molecular formula is C24H14O4S. The fourth-order valence-corrected chi connectivity index (χ4v) is 3.53. The lowest BCUT2D eigenvalue weighted by Crippen LogP contribution is -2.22. The van der Waals surface area contributed by atoms with Gasteiger partial charge in [0.25, 0.3) is 0 Å². The van der Waals surface area contributed by atoms with Gasteiger partial charge < -0.3 is 4.74 Å². The van der Waals surface area contributed by atoms with Gasteiger partial charge in [-0.3, -0.25) is 9.59 Å². The molecule has 0 aromatic heterocycles. The van der Waals surface area contributed by atoms with Gasteiger partial charge in [-0.2, -0.15) is 0 Å². The van der Waals surface area contributed by atoms with Gasteiger partial charge in [0.15, 0.2) is 17.7 Å². The zero-order chi connectivity index (χ0) is 20.2. The molecule has 29 heavy (non-hydrogen) atoms. The average Bonchev–Trinajstić information content (AvgIpc) is 2.76. The summed E-state index contributed by atoms with van der Waals surface area (Å²) in [5.74, 6) is 11.8. The first kappa shape index (κ1) is 18.8. The standard InChI is InChI=1S/C24H14O4S/c25-22-18-9-3-4-10-19(18)23(26)21-15-16(11-12-20(21)22)24(27)28-17-7-2-1-5-13-29-14-6-8-17/h2-4,7,9-12,15,17H,13-14H2/b7-2-. The zero-order valence-corrected chi connectivity index (χ0v) is 16.0. The molecule has 1 aliphatic carbocycles. The highest BCUT2D eigenvalue weighted by atomic mass is 32.2. The molecule has 0 N–H and O–H groups in total. The molecule has 140 valence electrons. The van der Waals surface area contributed by atoms with E-state index >= 15 is 0 Å². The summed E-state index contributed by atoms with van der Waals surface area (Å²) in [5.41, 5.74) is 1.40. The maximum absolute atomic E-state index is 12.8. The molecule has 0 saturated carbocycles. The van der Waals surface area contributed by atoms with Crippen molar-refractivity contribution >= 4 is 29.3 Å². The van der Waals surface area contributed by atoms with Crippen molar-refractivity contribution in [2.24, 2.45) is 0 Å². The minimum atomic E-state index is -0.732. The molecule has 0 fully saturated rings. The van der Waals surface area contributed by atoms with E-state index in [1.54, 1.807) is 48.2 Å². The fourth-order valence-electron chi connectivity index (χ4n) is 3.06. The molecule has 1 unspecified atom stereocenters. The molecule has 2 aromatic carbocycles. The third-order valence-electron chi connectivity index (χ3n) is 4.44. The van der Waals surface area contributed by atoms with Gasteiger partial charge in [0.05, 0.1) is 17.1 Å². The van der Waals surface area contributed by atoms with E-state index in [4.69, 9.17) is 4.74 Å². The van der Waals surface area contributed by atoms with Crippen LogP contribution in [0.1, 0.15) is 42.2 Å². The van der Waals surface area contributed by atoms with Crippen LogP contribution in [0.25, 0.3) is 0 Å². The van der Waals surface area contributed by atoms with Gasteiger partial charge in [0.2, 0.25) is 0 Å². The number of hydrogen-bond donors (Lipinski definition) is 0. The average molecular weight is 398 g/mol. The molecule has 1 atom stereocenters. The molecule has 1 heterocycles. The quantitative estimate of drug-likeness (QED) is 0.490. The Hall–Kier alpha value is -3.54. The van der Waals surface area contributed by atoms with Crippen molar-refractivity contribution in [3.8, 4) is 23.7 Å². The maximum Gasteiger partial charge on any atom is 0.339 e. The molecule has 5 heteroatoms. The minimum Gasteiger partial charge on any atom is -0.441 e. The first-order chi connectivity index (χ1) is 14.1. The lowest BCUT2D eigenvalue weighted by Gasteiger charge is -2.18. The summed E-state index contributed by atoms with van der Waals surface area (Å²) in [6, 6.07) is 11.1. The van der Waals surface area contributed by atoms with Crippen LogP contribution in [0.4, 0.5) is 0 Å². The Labute approximate surface area is 172 Å².